The highest BCUT2D eigenvalue weighted by molar-refractivity contribution is 5.94. The van der Waals surface area contributed by atoms with Gasteiger partial charge in [-0.15, -0.1) is 0 Å². The van der Waals surface area contributed by atoms with Crippen LogP contribution in [0.15, 0.2) is 48.5 Å². The van der Waals surface area contributed by atoms with Crippen molar-refractivity contribution in [1.82, 2.24) is 0 Å². The minimum absolute atomic E-state index is 0.0743. The number of Topliss-reactive ketones (excluding diaryl/α,β-unsaturated/α-hetero) is 1. The Morgan fingerprint density at radius 1 is 1.05 bits per heavy atom. The van der Waals surface area contributed by atoms with E-state index in [1.54, 1.807) is 12.1 Å². The fourth-order valence-corrected chi connectivity index (χ4v) is 2.18. The number of rotatable bonds is 7. The number of ether oxygens (including phenoxy) is 1. The molecule has 0 heterocycles. The van der Waals surface area contributed by atoms with Crippen LogP contribution in [0, 0.1) is 0 Å². The number of carboxylic acids is 1. The Morgan fingerprint density at radius 2 is 1.77 bits per heavy atom. The van der Waals surface area contributed by atoms with Gasteiger partial charge in [-0.2, -0.15) is 0 Å². The number of carboxylic acid groups (broad SMARTS) is 1. The Morgan fingerprint density at radius 3 is 2.41 bits per heavy atom. The largest absolute Gasteiger partial charge is 0.482 e. The third-order valence-electron chi connectivity index (χ3n) is 3.35. The summed E-state index contributed by atoms with van der Waals surface area (Å²) in [5.41, 5.74) is 2.61. The van der Waals surface area contributed by atoms with E-state index in [1.807, 2.05) is 36.4 Å². The van der Waals surface area contributed by atoms with Gasteiger partial charge in [0.1, 0.15) is 5.75 Å². The van der Waals surface area contributed by atoms with Crippen molar-refractivity contribution in [3.8, 4) is 5.75 Å². The zero-order chi connectivity index (χ0) is 15.9. The minimum Gasteiger partial charge on any atom is -0.482 e. The van der Waals surface area contributed by atoms with Gasteiger partial charge in [0, 0.05) is 5.56 Å². The van der Waals surface area contributed by atoms with Crippen LogP contribution >= 0.6 is 0 Å². The first-order chi connectivity index (χ1) is 10.6. The van der Waals surface area contributed by atoms with Crippen molar-refractivity contribution in [2.45, 2.75) is 19.8 Å². The van der Waals surface area contributed by atoms with E-state index in [9.17, 15) is 9.59 Å². The van der Waals surface area contributed by atoms with Crippen molar-refractivity contribution in [2.75, 3.05) is 6.61 Å². The van der Waals surface area contributed by atoms with E-state index in [4.69, 9.17) is 9.84 Å². The normalized spacial score (nSPS) is 10.2. The molecule has 0 atom stereocenters. The number of carbonyl (C=O) groups excluding carboxylic acids is 1. The fourth-order valence-electron chi connectivity index (χ4n) is 2.18. The van der Waals surface area contributed by atoms with Gasteiger partial charge in [0.15, 0.2) is 12.4 Å². The summed E-state index contributed by atoms with van der Waals surface area (Å²) in [4.78, 5) is 22.1. The van der Waals surface area contributed by atoms with Gasteiger partial charge in [-0.05, 0) is 37.0 Å². The van der Waals surface area contributed by atoms with E-state index in [2.05, 4.69) is 0 Å². The van der Waals surface area contributed by atoms with Crippen LogP contribution in [-0.4, -0.2) is 23.5 Å². The van der Waals surface area contributed by atoms with E-state index in [0.29, 0.717) is 11.3 Å². The van der Waals surface area contributed by atoms with Crippen LogP contribution in [0.2, 0.25) is 0 Å². The molecule has 0 spiro atoms. The number of benzene rings is 2. The van der Waals surface area contributed by atoms with Gasteiger partial charge in [-0.3, -0.25) is 4.79 Å². The number of aliphatic carboxylic acids is 1. The van der Waals surface area contributed by atoms with Crippen LogP contribution in [0.25, 0.3) is 0 Å². The van der Waals surface area contributed by atoms with Crippen LogP contribution in [0.5, 0.6) is 5.75 Å². The van der Waals surface area contributed by atoms with E-state index in [0.717, 1.165) is 18.4 Å². The standard InChI is InChI=1S/C18H18O4/c1-13(19)16-10-9-15(17(11-16)22-12-18(20)21)8-7-14-5-3-2-4-6-14/h2-6,9-11H,7-8,12H2,1H3,(H,20,21). The van der Waals surface area contributed by atoms with E-state index < -0.39 is 12.6 Å². The predicted molar refractivity (Wildman–Crippen MR) is 83.4 cm³/mol. The SMILES string of the molecule is CC(=O)c1ccc(CCc2ccccc2)c(OCC(=O)O)c1. The number of aryl methyl sites for hydroxylation is 2. The highest BCUT2D eigenvalue weighted by Gasteiger charge is 2.10. The van der Waals surface area contributed by atoms with E-state index in [-0.39, 0.29) is 5.78 Å². The maximum atomic E-state index is 11.5. The second-order valence-corrected chi connectivity index (χ2v) is 5.05. The summed E-state index contributed by atoms with van der Waals surface area (Å²) < 4.78 is 5.33. The molecule has 22 heavy (non-hydrogen) atoms. The van der Waals surface area contributed by atoms with Crippen molar-refractivity contribution < 1.29 is 19.4 Å². The molecule has 114 valence electrons. The summed E-state index contributed by atoms with van der Waals surface area (Å²) in [7, 11) is 0. The molecule has 1 N–H and O–H groups in total. The van der Waals surface area contributed by atoms with Gasteiger partial charge < -0.3 is 9.84 Å². The van der Waals surface area contributed by atoms with Crippen LogP contribution in [0.1, 0.15) is 28.4 Å². The molecule has 0 amide bonds. The second kappa shape index (κ2) is 7.41. The first-order valence-electron chi connectivity index (χ1n) is 7.08. The maximum Gasteiger partial charge on any atom is 0.341 e. The van der Waals surface area contributed by atoms with Gasteiger partial charge in [-0.25, -0.2) is 4.79 Å². The highest BCUT2D eigenvalue weighted by Crippen LogP contribution is 2.23. The first kappa shape index (κ1) is 15.8. The van der Waals surface area contributed by atoms with Gasteiger partial charge in [0.05, 0.1) is 0 Å². The lowest BCUT2D eigenvalue weighted by Crippen LogP contribution is -2.11. The monoisotopic (exact) mass is 298 g/mol. The molecule has 0 aliphatic heterocycles. The third-order valence-corrected chi connectivity index (χ3v) is 3.35. The molecule has 2 rings (SSSR count). The molecule has 4 nitrogen and oxygen atoms in total. The van der Waals surface area contributed by atoms with E-state index in [1.165, 1.54) is 12.5 Å². The molecule has 4 heteroatoms. The zero-order valence-corrected chi connectivity index (χ0v) is 12.4. The number of carbonyl (C=O) groups is 2. The summed E-state index contributed by atoms with van der Waals surface area (Å²) in [6.07, 6.45) is 1.54. The number of hydrogen-bond acceptors (Lipinski definition) is 3. The highest BCUT2D eigenvalue weighted by atomic mass is 16.5. The van der Waals surface area contributed by atoms with Crippen molar-refractivity contribution >= 4 is 11.8 Å². The number of hydrogen-bond donors (Lipinski definition) is 1. The quantitative estimate of drug-likeness (QED) is 0.798. The molecule has 0 saturated heterocycles. The Bertz CT molecular complexity index is 662. The second-order valence-electron chi connectivity index (χ2n) is 5.05. The zero-order valence-electron chi connectivity index (χ0n) is 12.4. The van der Waals surface area contributed by atoms with Crippen LogP contribution in [0.4, 0.5) is 0 Å². The molecule has 0 aliphatic carbocycles. The molecule has 0 aliphatic rings. The van der Waals surface area contributed by atoms with Crippen LogP contribution in [0.3, 0.4) is 0 Å². The lowest BCUT2D eigenvalue weighted by molar-refractivity contribution is -0.139. The summed E-state index contributed by atoms with van der Waals surface area (Å²) in [6.45, 7) is 1.06. The van der Waals surface area contributed by atoms with E-state index >= 15 is 0 Å². The summed E-state index contributed by atoms with van der Waals surface area (Å²) in [5.74, 6) is -0.650. The van der Waals surface area contributed by atoms with Crippen LogP contribution < -0.4 is 4.74 Å². The fraction of sp³-hybridized carbons (Fsp3) is 0.222. The molecule has 0 aromatic heterocycles. The molecule has 0 unspecified atom stereocenters. The summed E-state index contributed by atoms with van der Waals surface area (Å²) >= 11 is 0. The van der Waals surface area contributed by atoms with Crippen LogP contribution in [-0.2, 0) is 17.6 Å². The van der Waals surface area contributed by atoms with Gasteiger partial charge in [0.2, 0.25) is 0 Å². The third kappa shape index (κ3) is 4.45. The van der Waals surface area contributed by atoms with Crippen molar-refractivity contribution in [3.05, 3.63) is 65.2 Å². The average molecular weight is 298 g/mol. The molecular weight excluding hydrogens is 280 g/mol. The van der Waals surface area contributed by atoms with Gasteiger partial charge >= 0.3 is 5.97 Å². The summed E-state index contributed by atoms with van der Waals surface area (Å²) in [5, 5.41) is 8.76. The molecule has 0 saturated carbocycles. The van der Waals surface area contributed by atoms with Gasteiger partial charge in [-0.1, -0.05) is 42.5 Å². The number of ketones is 1. The average Bonchev–Trinajstić information content (AvgIpc) is 2.52. The van der Waals surface area contributed by atoms with Crippen molar-refractivity contribution in [2.24, 2.45) is 0 Å². The molecule has 0 fully saturated rings. The molecule has 0 radical (unpaired) electrons. The van der Waals surface area contributed by atoms with Crippen molar-refractivity contribution in [3.63, 3.8) is 0 Å². The lowest BCUT2D eigenvalue weighted by atomic mass is 10.0. The molecular formula is C18H18O4. The lowest BCUT2D eigenvalue weighted by Gasteiger charge is -2.11. The molecule has 0 bridgehead atoms. The molecule has 2 aromatic rings. The maximum absolute atomic E-state index is 11.5. The first-order valence-corrected chi connectivity index (χ1v) is 7.08. The topological polar surface area (TPSA) is 63.6 Å². The Kier molecular flexibility index (Phi) is 5.31. The van der Waals surface area contributed by atoms with Gasteiger partial charge in [0.25, 0.3) is 0 Å². The van der Waals surface area contributed by atoms with Crippen molar-refractivity contribution in [1.29, 1.82) is 0 Å². The molecule has 2 aromatic carbocycles. The minimum atomic E-state index is -1.04. The Balaban J connectivity index is 2.17. The summed E-state index contributed by atoms with van der Waals surface area (Å²) in [6, 6.07) is 15.2. The smallest absolute Gasteiger partial charge is 0.341 e. The Hall–Kier alpha value is -2.62. The predicted octanol–water partition coefficient (Wildman–Crippen LogP) is 3.14. The Labute approximate surface area is 129 Å².